The van der Waals surface area contributed by atoms with Crippen molar-refractivity contribution in [2.24, 2.45) is 5.92 Å². The molecular formula is C15H26N2O3. The van der Waals surface area contributed by atoms with Crippen LogP contribution in [0.4, 0.5) is 0 Å². The summed E-state index contributed by atoms with van der Waals surface area (Å²) in [6.45, 7) is 9.19. The molecule has 0 aromatic rings. The maximum absolute atomic E-state index is 12.8. The molecule has 0 saturated carbocycles. The summed E-state index contributed by atoms with van der Waals surface area (Å²) in [6, 6.07) is -0.784. The third-order valence-electron chi connectivity index (χ3n) is 4.47. The van der Waals surface area contributed by atoms with Gasteiger partial charge in [-0.1, -0.05) is 20.8 Å². The van der Waals surface area contributed by atoms with Crippen LogP contribution in [0, 0.1) is 5.92 Å². The zero-order valence-electron chi connectivity index (χ0n) is 12.9. The molecule has 5 nitrogen and oxygen atoms in total. The fraction of sp³-hybridized carbons (Fsp3) is 0.867. The molecule has 2 amide bonds. The van der Waals surface area contributed by atoms with E-state index < -0.39 is 6.04 Å². The van der Waals surface area contributed by atoms with Crippen LogP contribution < -0.4 is 5.32 Å². The van der Waals surface area contributed by atoms with E-state index in [9.17, 15) is 9.59 Å². The van der Waals surface area contributed by atoms with Gasteiger partial charge < -0.3 is 15.0 Å². The van der Waals surface area contributed by atoms with Gasteiger partial charge >= 0.3 is 0 Å². The van der Waals surface area contributed by atoms with Crippen molar-refractivity contribution in [3.63, 3.8) is 0 Å². The molecule has 2 aliphatic rings. The highest BCUT2D eigenvalue weighted by molar-refractivity contribution is 5.97. The molecule has 2 rings (SSSR count). The molecule has 3 unspecified atom stereocenters. The van der Waals surface area contributed by atoms with Crippen LogP contribution in [0.1, 0.15) is 47.0 Å². The number of piperazine rings is 1. The predicted molar refractivity (Wildman–Crippen MR) is 76.2 cm³/mol. The van der Waals surface area contributed by atoms with Crippen molar-refractivity contribution in [3.05, 3.63) is 0 Å². The second-order valence-corrected chi connectivity index (χ2v) is 6.52. The van der Waals surface area contributed by atoms with Crippen molar-refractivity contribution in [3.8, 4) is 0 Å². The third kappa shape index (κ3) is 2.55. The van der Waals surface area contributed by atoms with Gasteiger partial charge in [0.2, 0.25) is 11.8 Å². The summed E-state index contributed by atoms with van der Waals surface area (Å²) >= 11 is 0. The second-order valence-electron chi connectivity index (χ2n) is 6.52. The Kier molecular flexibility index (Phi) is 4.37. The number of carbonyl (C=O) groups excluding carboxylic acids is 2. The normalized spacial score (nSPS) is 35.4. The first kappa shape index (κ1) is 15.3. The lowest BCUT2D eigenvalue weighted by Gasteiger charge is -2.51. The van der Waals surface area contributed by atoms with Gasteiger partial charge in [-0.05, 0) is 32.1 Å². The van der Waals surface area contributed by atoms with Crippen molar-refractivity contribution in [1.29, 1.82) is 0 Å². The minimum absolute atomic E-state index is 0.0300. The van der Waals surface area contributed by atoms with Gasteiger partial charge in [0.1, 0.15) is 12.1 Å². The molecule has 2 aliphatic heterocycles. The van der Waals surface area contributed by atoms with Gasteiger partial charge in [0, 0.05) is 6.61 Å². The molecule has 2 saturated heterocycles. The number of nitrogens with one attached hydrogen (secondary N) is 1. The SMILES string of the molecule is CCC1C(=O)NC(C(C)C)C(=O)N1C1(C)CCCOC1. The van der Waals surface area contributed by atoms with E-state index in [1.165, 1.54) is 0 Å². The van der Waals surface area contributed by atoms with E-state index in [0.29, 0.717) is 13.0 Å². The zero-order chi connectivity index (χ0) is 14.9. The summed E-state index contributed by atoms with van der Waals surface area (Å²) in [4.78, 5) is 27.0. The van der Waals surface area contributed by atoms with Crippen LogP contribution in [0.3, 0.4) is 0 Å². The van der Waals surface area contributed by atoms with Gasteiger partial charge in [-0.25, -0.2) is 0 Å². The first-order valence-corrected chi connectivity index (χ1v) is 7.62. The van der Waals surface area contributed by atoms with Gasteiger partial charge in [0.25, 0.3) is 0 Å². The Balaban J connectivity index is 2.33. The van der Waals surface area contributed by atoms with Crippen LogP contribution in [0.25, 0.3) is 0 Å². The lowest BCUT2D eigenvalue weighted by atomic mass is 9.86. The lowest BCUT2D eigenvalue weighted by molar-refractivity contribution is -0.164. The van der Waals surface area contributed by atoms with Crippen LogP contribution >= 0.6 is 0 Å². The van der Waals surface area contributed by atoms with E-state index in [0.717, 1.165) is 19.4 Å². The summed E-state index contributed by atoms with van der Waals surface area (Å²) in [5.74, 6) is 0.108. The van der Waals surface area contributed by atoms with Gasteiger partial charge in [0.15, 0.2) is 0 Å². The molecule has 0 bridgehead atoms. The first-order chi connectivity index (χ1) is 9.40. The van der Waals surface area contributed by atoms with Gasteiger partial charge in [-0.2, -0.15) is 0 Å². The Labute approximate surface area is 121 Å². The maximum Gasteiger partial charge on any atom is 0.246 e. The largest absolute Gasteiger partial charge is 0.379 e. The minimum Gasteiger partial charge on any atom is -0.379 e. The maximum atomic E-state index is 12.8. The van der Waals surface area contributed by atoms with E-state index in [4.69, 9.17) is 4.74 Å². The highest BCUT2D eigenvalue weighted by atomic mass is 16.5. The molecule has 0 aromatic heterocycles. The number of carbonyl (C=O) groups is 2. The average Bonchev–Trinajstić information content (AvgIpc) is 2.40. The minimum atomic E-state index is -0.413. The Morgan fingerprint density at radius 1 is 1.45 bits per heavy atom. The Morgan fingerprint density at radius 2 is 2.15 bits per heavy atom. The number of amides is 2. The molecule has 1 N–H and O–H groups in total. The zero-order valence-corrected chi connectivity index (χ0v) is 12.9. The Hall–Kier alpha value is -1.10. The third-order valence-corrected chi connectivity index (χ3v) is 4.47. The quantitative estimate of drug-likeness (QED) is 0.849. The summed E-state index contributed by atoms with van der Waals surface area (Å²) < 4.78 is 5.58. The molecule has 0 aliphatic carbocycles. The highest BCUT2D eigenvalue weighted by Gasteiger charge is 2.49. The molecule has 0 aromatic carbocycles. The number of nitrogens with zero attached hydrogens (tertiary/aromatic N) is 1. The Bertz CT molecular complexity index is 389. The second kappa shape index (κ2) is 5.72. The van der Waals surface area contributed by atoms with Crippen molar-refractivity contribution in [2.45, 2.75) is 64.6 Å². The number of hydrogen-bond donors (Lipinski definition) is 1. The predicted octanol–water partition coefficient (Wildman–Crippen LogP) is 1.32. The van der Waals surface area contributed by atoms with Gasteiger partial charge in [-0.3, -0.25) is 9.59 Å². The van der Waals surface area contributed by atoms with E-state index in [-0.39, 0.29) is 29.3 Å². The molecule has 2 fully saturated rings. The fourth-order valence-electron chi connectivity index (χ4n) is 3.30. The van der Waals surface area contributed by atoms with E-state index in [1.54, 1.807) is 0 Å². The average molecular weight is 282 g/mol. The van der Waals surface area contributed by atoms with Crippen molar-refractivity contribution in [2.75, 3.05) is 13.2 Å². The van der Waals surface area contributed by atoms with Gasteiger partial charge in [-0.15, -0.1) is 0 Å². The summed E-state index contributed by atoms with van der Waals surface area (Å²) in [5, 5.41) is 2.88. The topological polar surface area (TPSA) is 58.6 Å². The monoisotopic (exact) mass is 282 g/mol. The van der Waals surface area contributed by atoms with E-state index in [2.05, 4.69) is 5.32 Å². The number of hydrogen-bond acceptors (Lipinski definition) is 3. The molecule has 5 heteroatoms. The molecular weight excluding hydrogens is 256 g/mol. The van der Waals surface area contributed by atoms with Crippen molar-refractivity contribution < 1.29 is 14.3 Å². The molecule has 20 heavy (non-hydrogen) atoms. The smallest absolute Gasteiger partial charge is 0.246 e. The standard InChI is InChI=1S/C15H26N2O3/c1-5-11-13(18)16-12(10(2)3)14(19)17(11)15(4)7-6-8-20-9-15/h10-12H,5-9H2,1-4H3,(H,16,18). The Morgan fingerprint density at radius 3 is 2.65 bits per heavy atom. The number of rotatable bonds is 3. The van der Waals surface area contributed by atoms with E-state index >= 15 is 0 Å². The summed E-state index contributed by atoms with van der Waals surface area (Å²) in [6.07, 6.45) is 2.47. The fourth-order valence-corrected chi connectivity index (χ4v) is 3.30. The summed E-state index contributed by atoms with van der Waals surface area (Å²) in [7, 11) is 0. The highest BCUT2D eigenvalue weighted by Crippen LogP contribution is 2.32. The molecule has 2 heterocycles. The van der Waals surface area contributed by atoms with Crippen LogP contribution in [0.15, 0.2) is 0 Å². The first-order valence-electron chi connectivity index (χ1n) is 7.62. The van der Waals surface area contributed by atoms with Crippen LogP contribution in [0.5, 0.6) is 0 Å². The molecule has 0 spiro atoms. The molecule has 3 atom stereocenters. The van der Waals surface area contributed by atoms with E-state index in [1.807, 2.05) is 32.6 Å². The molecule has 114 valence electrons. The van der Waals surface area contributed by atoms with Crippen LogP contribution in [-0.2, 0) is 14.3 Å². The molecule has 0 radical (unpaired) electrons. The summed E-state index contributed by atoms with van der Waals surface area (Å²) in [5.41, 5.74) is -0.360. The number of ether oxygens (including phenoxy) is 1. The van der Waals surface area contributed by atoms with Crippen LogP contribution in [0.2, 0.25) is 0 Å². The lowest BCUT2D eigenvalue weighted by Crippen LogP contribution is -2.71. The van der Waals surface area contributed by atoms with Gasteiger partial charge in [0.05, 0.1) is 12.1 Å². The van der Waals surface area contributed by atoms with Crippen molar-refractivity contribution >= 4 is 11.8 Å². The van der Waals surface area contributed by atoms with Crippen molar-refractivity contribution in [1.82, 2.24) is 10.2 Å². The van der Waals surface area contributed by atoms with Crippen LogP contribution in [-0.4, -0.2) is 47.6 Å².